The van der Waals surface area contributed by atoms with Gasteiger partial charge < -0.3 is 10.4 Å². The van der Waals surface area contributed by atoms with Crippen LogP contribution in [-0.4, -0.2) is 26.0 Å². The molecule has 2 N–H and O–H groups in total. The maximum atomic E-state index is 11.2. The van der Waals surface area contributed by atoms with Gasteiger partial charge in [-0.1, -0.05) is 20.3 Å². The van der Waals surface area contributed by atoms with Crippen molar-refractivity contribution in [2.75, 3.05) is 5.32 Å². The summed E-state index contributed by atoms with van der Waals surface area (Å²) in [6.45, 7) is 5.71. The molecular formula is C11H19N3O2S. The number of hydrogen-bond acceptors (Lipinski definition) is 5. The van der Waals surface area contributed by atoms with Crippen LogP contribution in [0.25, 0.3) is 0 Å². The average molecular weight is 257 g/mol. The maximum absolute atomic E-state index is 11.2. The molecule has 0 radical (unpaired) electrons. The zero-order chi connectivity index (χ0) is 12.9. The fourth-order valence-corrected chi connectivity index (χ4v) is 2.33. The van der Waals surface area contributed by atoms with Crippen molar-refractivity contribution in [3.63, 3.8) is 0 Å². The minimum Gasteiger partial charge on any atom is -0.480 e. The van der Waals surface area contributed by atoms with Crippen LogP contribution in [0.3, 0.4) is 0 Å². The fraction of sp³-hybridized carbons (Fsp3) is 0.727. The molecule has 5 nitrogen and oxygen atoms in total. The molecule has 1 heterocycles. The van der Waals surface area contributed by atoms with Crippen LogP contribution in [0.15, 0.2) is 0 Å². The first-order valence-electron chi connectivity index (χ1n) is 5.86. The Morgan fingerprint density at radius 1 is 1.47 bits per heavy atom. The minimum absolute atomic E-state index is 0.561. The van der Waals surface area contributed by atoms with E-state index in [1.54, 1.807) is 6.92 Å². The molecule has 0 saturated carbocycles. The molecule has 17 heavy (non-hydrogen) atoms. The lowest BCUT2D eigenvalue weighted by molar-refractivity contribution is -0.141. The highest BCUT2D eigenvalue weighted by atomic mass is 32.1. The molecule has 1 aromatic heterocycles. The molecule has 0 aromatic carbocycles. The molecule has 1 aromatic rings. The molecule has 0 aliphatic rings. The third kappa shape index (κ3) is 3.66. The molecule has 96 valence electrons. The van der Waals surface area contributed by atoms with Gasteiger partial charge in [0.2, 0.25) is 5.13 Å². The molecule has 1 atom stereocenters. The number of nitrogens with one attached hydrogen (secondary N) is 1. The zero-order valence-corrected chi connectivity index (χ0v) is 11.3. The van der Waals surface area contributed by atoms with Crippen molar-refractivity contribution in [2.45, 2.75) is 52.0 Å². The van der Waals surface area contributed by atoms with Gasteiger partial charge in [0.1, 0.15) is 11.4 Å². The number of aliphatic carboxylic acids is 1. The number of carboxylic acid groups (broad SMARTS) is 1. The molecule has 1 unspecified atom stereocenters. The summed E-state index contributed by atoms with van der Waals surface area (Å²) < 4.78 is 4.18. The van der Waals surface area contributed by atoms with E-state index in [0.717, 1.165) is 25.1 Å². The predicted octanol–water partition coefficient (Wildman–Crippen LogP) is 2.55. The summed E-state index contributed by atoms with van der Waals surface area (Å²) in [4.78, 5) is 15.5. The number of aryl methyl sites for hydroxylation is 1. The molecule has 0 bridgehead atoms. The summed E-state index contributed by atoms with van der Waals surface area (Å²) in [5.74, 6) is -0.0733. The molecule has 0 amide bonds. The summed E-state index contributed by atoms with van der Waals surface area (Å²) in [7, 11) is 0. The first-order chi connectivity index (χ1) is 8.01. The summed E-state index contributed by atoms with van der Waals surface area (Å²) in [6, 6.07) is 0. The number of nitrogens with zero attached hydrogens (tertiary/aromatic N) is 2. The van der Waals surface area contributed by atoms with Gasteiger partial charge in [0.15, 0.2) is 0 Å². The van der Waals surface area contributed by atoms with Crippen molar-refractivity contribution in [3.05, 3.63) is 5.82 Å². The van der Waals surface area contributed by atoms with Crippen molar-refractivity contribution in [3.8, 4) is 0 Å². The summed E-state index contributed by atoms with van der Waals surface area (Å²) in [5, 5.41) is 12.8. The van der Waals surface area contributed by atoms with E-state index in [2.05, 4.69) is 21.6 Å². The Morgan fingerprint density at radius 2 is 2.18 bits per heavy atom. The predicted molar refractivity (Wildman–Crippen MR) is 68.5 cm³/mol. The molecule has 1 rings (SSSR count). The van der Waals surface area contributed by atoms with E-state index in [4.69, 9.17) is 0 Å². The average Bonchev–Trinajstić information content (AvgIpc) is 2.66. The lowest BCUT2D eigenvalue weighted by Gasteiger charge is -2.24. The van der Waals surface area contributed by atoms with Gasteiger partial charge in [-0.15, -0.1) is 0 Å². The number of aromatic nitrogens is 2. The lowest BCUT2D eigenvalue weighted by atomic mass is 9.97. The van der Waals surface area contributed by atoms with Crippen molar-refractivity contribution in [2.24, 2.45) is 0 Å². The summed E-state index contributed by atoms with van der Waals surface area (Å²) >= 11 is 1.22. The Labute approximate surface area is 105 Å². The Balaban J connectivity index is 2.75. The van der Waals surface area contributed by atoms with E-state index in [1.165, 1.54) is 11.5 Å². The summed E-state index contributed by atoms with van der Waals surface area (Å²) in [5.41, 5.74) is -0.961. The highest BCUT2D eigenvalue weighted by Gasteiger charge is 2.32. The van der Waals surface area contributed by atoms with Crippen LogP contribution in [0.4, 0.5) is 5.13 Å². The molecule has 0 aliphatic heterocycles. The van der Waals surface area contributed by atoms with E-state index in [0.29, 0.717) is 11.6 Å². The number of anilines is 1. The molecule has 0 aliphatic carbocycles. The second-order valence-electron chi connectivity index (χ2n) is 4.28. The van der Waals surface area contributed by atoms with Gasteiger partial charge in [0, 0.05) is 18.0 Å². The van der Waals surface area contributed by atoms with Gasteiger partial charge >= 0.3 is 5.97 Å². The Kier molecular flexibility index (Phi) is 4.86. The van der Waals surface area contributed by atoms with E-state index in [9.17, 15) is 9.90 Å². The van der Waals surface area contributed by atoms with Gasteiger partial charge in [0.25, 0.3) is 0 Å². The standard InChI is InChI=1S/C11H19N3O2S/c1-4-6-8-12-10(17-14-8)13-11(3,7-5-2)9(15)16/h4-7H2,1-3H3,(H,15,16)(H,12,13,14). The van der Waals surface area contributed by atoms with E-state index in [-0.39, 0.29) is 0 Å². The highest BCUT2D eigenvalue weighted by Crippen LogP contribution is 2.22. The quantitative estimate of drug-likeness (QED) is 0.785. The molecule has 0 saturated heterocycles. The van der Waals surface area contributed by atoms with Crippen LogP contribution in [0.1, 0.15) is 45.9 Å². The topological polar surface area (TPSA) is 75.1 Å². The van der Waals surface area contributed by atoms with Gasteiger partial charge in [-0.3, -0.25) is 0 Å². The van der Waals surface area contributed by atoms with Crippen LogP contribution in [-0.2, 0) is 11.2 Å². The highest BCUT2D eigenvalue weighted by molar-refractivity contribution is 7.09. The largest absolute Gasteiger partial charge is 0.480 e. The van der Waals surface area contributed by atoms with E-state index in [1.807, 2.05) is 6.92 Å². The smallest absolute Gasteiger partial charge is 0.329 e. The van der Waals surface area contributed by atoms with Crippen LogP contribution in [0, 0.1) is 0 Å². The molecule has 0 spiro atoms. The van der Waals surface area contributed by atoms with Gasteiger partial charge in [-0.05, 0) is 19.8 Å². The minimum atomic E-state index is -0.961. The Bertz CT molecular complexity index is 381. The van der Waals surface area contributed by atoms with Crippen molar-refractivity contribution >= 4 is 22.6 Å². The normalized spacial score (nSPS) is 14.3. The Hall–Kier alpha value is -1.17. The number of hydrogen-bond donors (Lipinski definition) is 2. The van der Waals surface area contributed by atoms with Crippen LogP contribution in [0.5, 0.6) is 0 Å². The Morgan fingerprint density at radius 3 is 2.71 bits per heavy atom. The van der Waals surface area contributed by atoms with Gasteiger partial charge in [-0.2, -0.15) is 4.37 Å². The first-order valence-corrected chi connectivity index (χ1v) is 6.63. The first kappa shape index (κ1) is 13.9. The summed E-state index contributed by atoms with van der Waals surface area (Å²) in [6.07, 6.45) is 3.18. The van der Waals surface area contributed by atoms with Gasteiger partial charge in [0.05, 0.1) is 0 Å². The molecular weight excluding hydrogens is 238 g/mol. The van der Waals surface area contributed by atoms with E-state index < -0.39 is 11.5 Å². The second-order valence-corrected chi connectivity index (χ2v) is 5.03. The fourth-order valence-electron chi connectivity index (χ4n) is 1.59. The lowest BCUT2D eigenvalue weighted by Crippen LogP contribution is -2.43. The van der Waals surface area contributed by atoms with Crippen LogP contribution in [0.2, 0.25) is 0 Å². The third-order valence-corrected chi connectivity index (χ3v) is 3.21. The van der Waals surface area contributed by atoms with Crippen molar-refractivity contribution < 1.29 is 9.90 Å². The molecule has 0 fully saturated rings. The number of carbonyl (C=O) groups is 1. The second kappa shape index (κ2) is 5.95. The third-order valence-electron chi connectivity index (χ3n) is 2.55. The van der Waals surface area contributed by atoms with Crippen LogP contribution >= 0.6 is 11.5 Å². The van der Waals surface area contributed by atoms with E-state index >= 15 is 0 Å². The van der Waals surface area contributed by atoms with Crippen molar-refractivity contribution in [1.29, 1.82) is 0 Å². The van der Waals surface area contributed by atoms with Gasteiger partial charge in [-0.25, -0.2) is 9.78 Å². The number of carboxylic acids is 1. The zero-order valence-electron chi connectivity index (χ0n) is 10.5. The number of rotatable bonds is 7. The maximum Gasteiger partial charge on any atom is 0.329 e. The monoisotopic (exact) mass is 257 g/mol. The van der Waals surface area contributed by atoms with Crippen LogP contribution < -0.4 is 5.32 Å². The SMILES string of the molecule is CCCc1nsc(NC(C)(CCC)C(=O)O)n1. The van der Waals surface area contributed by atoms with Crippen molar-refractivity contribution in [1.82, 2.24) is 9.36 Å². The molecule has 6 heteroatoms.